The molecule has 0 amide bonds. The van der Waals surface area contributed by atoms with E-state index in [9.17, 15) is 14.4 Å². The molecule has 0 aliphatic heterocycles. The molecule has 0 bridgehead atoms. The number of nitrogens with zero attached hydrogens (tertiary/aromatic N) is 2. The third kappa shape index (κ3) is 4.50. The highest BCUT2D eigenvalue weighted by Crippen LogP contribution is 2.29. The van der Waals surface area contributed by atoms with Gasteiger partial charge in [-0.15, -0.1) is 0 Å². The summed E-state index contributed by atoms with van der Waals surface area (Å²) in [4.78, 5) is 42.3. The van der Waals surface area contributed by atoms with E-state index in [4.69, 9.17) is 14.1 Å². The highest BCUT2D eigenvalue weighted by Gasteiger charge is 2.17. The van der Waals surface area contributed by atoms with E-state index in [0.717, 1.165) is 22.1 Å². The second kappa shape index (κ2) is 9.46. The number of fused-ring (bicyclic) bond motifs is 2. The molecule has 0 aliphatic rings. The highest BCUT2D eigenvalue weighted by atomic mass is 32.2. The van der Waals surface area contributed by atoms with Crippen molar-refractivity contribution in [3.63, 3.8) is 0 Å². The third-order valence-corrected chi connectivity index (χ3v) is 6.79. The van der Waals surface area contributed by atoms with E-state index in [1.54, 1.807) is 22.8 Å². The summed E-state index contributed by atoms with van der Waals surface area (Å²) < 4.78 is 12.0. The fraction of sp³-hybridized carbons (Fsp3) is 0.308. The summed E-state index contributed by atoms with van der Waals surface area (Å²) in [5, 5.41) is 1.83. The molecule has 4 rings (SSSR count). The zero-order valence-electron chi connectivity index (χ0n) is 19.8. The van der Waals surface area contributed by atoms with Gasteiger partial charge in [0.05, 0.1) is 23.6 Å². The number of rotatable bonds is 6. The summed E-state index contributed by atoms with van der Waals surface area (Å²) in [7, 11) is 1.31. The van der Waals surface area contributed by atoms with E-state index in [2.05, 4.69) is 0 Å². The molecule has 0 N–H and O–H groups in total. The van der Waals surface area contributed by atoms with Gasteiger partial charge in [-0.1, -0.05) is 37.7 Å². The maximum atomic E-state index is 13.3. The van der Waals surface area contributed by atoms with E-state index in [1.807, 2.05) is 39.8 Å². The summed E-state index contributed by atoms with van der Waals surface area (Å²) >= 11 is 1.38. The molecule has 8 heteroatoms. The number of esters is 1. The van der Waals surface area contributed by atoms with Crippen LogP contribution in [0.2, 0.25) is 0 Å². The molecule has 0 unspecified atom stereocenters. The molecule has 0 aliphatic carbocycles. The van der Waals surface area contributed by atoms with Crippen molar-refractivity contribution in [3.05, 3.63) is 79.4 Å². The monoisotopic (exact) mass is 478 g/mol. The minimum absolute atomic E-state index is 0.165. The first-order chi connectivity index (χ1) is 16.2. The number of benzene rings is 2. The molecule has 0 spiro atoms. The van der Waals surface area contributed by atoms with Crippen molar-refractivity contribution in [2.24, 2.45) is 5.92 Å². The molecule has 2 aromatic carbocycles. The molecule has 0 radical (unpaired) electrons. The Labute approximate surface area is 200 Å². The Morgan fingerprint density at radius 2 is 1.85 bits per heavy atom. The molecule has 0 fully saturated rings. The zero-order valence-corrected chi connectivity index (χ0v) is 20.6. The highest BCUT2D eigenvalue weighted by molar-refractivity contribution is 7.98. The fourth-order valence-electron chi connectivity index (χ4n) is 3.87. The van der Waals surface area contributed by atoms with Crippen LogP contribution in [-0.2, 0) is 17.0 Å². The number of hydrogen-bond acceptors (Lipinski definition) is 7. The molecule has 4 aromatic rings. The van der Waals surface area contributed by atoms with Gasteiger partial charge in [-0.05, 0) is 54.7 Å². The largest absolute Gasteiger partial charge is 0.465 e. The number of carbonyl (C=O) groups excluding carboxylic acids is 1. The third-order valence-electron chi connectivity index (χ3n) is 5.76. The van der Waals surface area contributed by atoms with Gasteiger partial charge in [0.25, 0.3) is 5.56 Å². The first-order valence-electron chi connectivity index (χ1n) is 11.0. The molecule has 0 saturated carbocycles. The first kappa shape index (κ1) is 23.8. The normalized spacial score (nSPS) is 11.5. The Hall–Kier alpha value is -3.39. The lowest BCUT2D eigenvalue weighted by molar-refractivity contribution is 0.0601. The Morgan fingerprint density at radius 3 is 2.56 bits per heavy atom. The van der Waals surface area contributed by atoms with Gasteiger partial charge in [0, 0.05) is 23.8 Å². The maximum absolute atomic E-state index is 13.3. The van der Waals surface area contributed by atoms with Gasteiger partial charge in [0.2, 0.25) is 0 Å². The second-order valence-electron chi connectivity index (χ2n) is 8.69. The average molecular weight is 479 g/mol. The van der Waals surface area contributed by atoms with Crippen molar-refractivity contribution in [3.8, 4) is 0 Å². The summed E-state index contributed by atoms with van der Waals surface area (Å²) in [6.45, 7) is 8.47. The van der Waals surface area contributed by atoms with Crippen LogP contribution in [0.25, 0.3) is 21.9 Å². The quantitative estimate of drug-likeness (QED) is 0.169. The average Bonchev–Trinajstić information content (AvgIpc) is 2.81. The van der Waals surface area contributed by atoms with Crippen LogP contribution in [0, 0.1) is 19.8 Å². The lowest BCUT2D eigenvalue weighted by atomic mass is 10.0. The van der Waals surface area contributed by atoms with Crippen LogP contribution >= 0.6 is 11.8 Å². The second-order valence-corrected chi connectivity index (χ2v) is 9.63. The van der Waals surface area contributed by atoms with Gasteiger partial charge in [0.15, 0.2) is 5.16 Å². The summed E-state index contributed by atoms with van der Waals surface area (Å²) in [6.07, 6.45) is 0. The van der Waals surface area contributed by atoms with Crippen molar-refractivity contribution >= 4 is 39.6 Å². The van der Waals surface area contributed by atoms with Gasteiger partial charge in [-0.25, -0.2) is 14.6 Å². The Morgan fingerprint density at radius 1 is 1.12 bits per heavy atom. The number of hydrogen-bond donors (Lipinski definition) is 0. The minimum atomic E-state index is -0.489. The molecule has 2 aromatic heterocycles. The summed E-state index contributed by atoms with van der Waals surface area (Å²) in [5.41, 5.74) is 3.55. The van der Waals surface area contributed by atoms with E-state index >= 15 is 0 Å². The van der Waals surface area contributed by atoms with Crippen molar-refractivity contribution in [1.82, 2.24) is 9.55 Å². The fourth-order valence-corrected chi connectivity index (χ4v) is 4.87. The molecule has 7 nitrogen and oxygen atoms in total. The predicted octanol–water partition coefficient (Wildman–Crippen LogP) is 4.85. The first-order valence-corrected chi connectivity index (χ1v) is 12.0. The van der Waals surface area contributed by atoms with Crippen molar-refractivity contribution in [2.75, 3.05) is 7.11 Å². The summed E-state index contributed by atoms with van der Waals surface area (Å²) in [5.74, 6) is 0.162. The van der Waals surface area contributed by atoms with Gasteiger partial charge >= 0.3 is 11.6 Å². The smallest absolute Gasteiger partial charge is 0.337 e. The van der Waals surface area contributed by atoms with Crippen LogP contribution in [0.15, 0.2) is 55.6 Å². The number of aryl methyl sites for hydroxylation is 2. The zero-order chi connectivity index (χ0) is 24.6. The Bertz CT molecular complexity index is 1530. The molecular formula is C26H26N2O5S. The topological polar surface area (TPSA) is 91.4 Å². The molecule has 0 atom stereocenters. The number of methoxy groups -OCH3 is 1. The summed E-state index contributed by atoms with van der Waals surface area (Å²) in [6, 6.07) is 10.2. The van der Waals surface area contributed by atoms with Crippen LogP contribution in [-0.4, -0.2) is 22.6 Å². The van der Waals surface area contributed by atoms with Crippen LogP contribution in [0.5, 0.6) is 0 Å². The SMILES string of the molecule is COC(=O)c1ccc2c(=O)n(CC(C)C)c(SCc3cc(=O)oc4c(C)c(C)ccc34)nc2c1. The van der Waals surface area contributed by atoms with Crippen LogP contribution in [0.1, 0.15) is 40.9 Å². The maximum Gasteiger partial charge on any atom is 0.337 e. The molecule has 2 heterocycles. The number of thioether (sulfide) groups is 1. The van der Waals surface area contributed by atoms with Crippen molar-refractivity contribution < 1.29 is 13.9 Å². The van der Waals surface area contributed by atoms with Crippen molar-refractivity contribution in [1.29, 1.82) is 0 Å². The lowest BCUT2D eigenvalue weighted by Gasteiger charge is -2.15. The lowest BCUT2D eigenvalue weighted by Crippen LogP contribution is -2.25. The predicted molar refractivity (Wildman–Crippen MR) is 134 cm³/mol. The molecule has 0 saturated heterocycles. The van der Waals surface area contributed by atoms with E-state index < -0.39 is 11.6 Å². The Balaban J connectivity index is 1.82. The Kier molecular flexibility index (Phi) is 6.61. The number of carbonyl (C=O) groups is 1. The van der Waals surface area contributed by atoms with Gasteiger partial charge in [-0.3, -0.25) is 9.36 Å². The molecular weight excluding hydrogens is 452 g/mol. The number of ether oxygens (including phenoxy) is 1. The minimum Gasteiger partial charge on any atom is -0.465 e. The standard InChI is InChI=1S/C26H26N2O5S/c1-14(2)12-28-24(30)20-9-7-17(25(31)32-5)10-21(20)27-26(28)34-13-18-11-22(29)33-23-16(4)15(3)6-8-19(18)23/h6-11,14H,12-13H2,1-5H3. The van der Waals surface area contributed by atoms with Crippen LogP contribution in [0.3, 0.4) is 0 Å². The van der Waals surface area contributed by atoms with E-state index in [-0.39, 0.29) is 11.5 Å². The van der Waals surface area contributed by atoms with Crippen LogP contribution in [0.4, 0.5) is 0 Å². The molecule has 176 valence electrons. The van der Waals surface area contributed by atoms with E-state index in [0.29, 0.717) is 39.5 Å². The number of aromatic nitrogens is 2. The van der Waals surface area contributed by atoms with Gasteiger partial charge in [-0.2, -0.15) is 0 Å². The van der Waals surface area contributed by atoms with Crippen LogP contribution < -0.4 is 11.2 Å². The van der Waals surface area contributed by atoms with E-state index in [1.165, 1.54) is 24.9 Å². The van der Waals surface area contributed by atoms with Gasteiger partial charge in [0.1, 0.15) is 5.58 Å². The molecule has 34 heavy (non-hydrogen) atoms. The van der Waals surface area contributed by atoms with Gasteiger partial charge < -0.3 is 9.15 Å². The van der Waals surface area contributed by atoms with Crippen molar-refractivity contribution in [2.45, 2.75) is 45.1 Å².